The van der Waals surface area contributed by atoms with Crippen molar-refractivity contribution in [2.75, 3.05) is 0 Å². The quantitative estimate of drug-likeness (QED) is 0.637. The fourth-order valence-electron chi connectivity index (χ4n) is 2.23. The molecule has 1 fully saturated rings. The Kier molecular flexibility index (Phi) is 2.52. The van der Waals surface area contributed by atoms with Gasteiger partial charge in [-0.05, 0) is 25.2 Å². The Bertz CT molecular complexity index is 226. The molecule has 0 N–H and O–H groups in total. The van der Waals surface area contributed by atoms with Crippen molar-refractivity contribution in [1.82, 2.24) is 0 Å². The lowest BCUT2D eigenvalue weighted by molar-refractivity contribution is -0.125. The average Bonchev–Trinajstić information content (AvgIpc) is 2.02. The zero-order chi connectivity index (χ0) is 9.26. The molecule has 1 unspecified atom stereocenters. The van der Waals surface area contributed by atoms with Gasteiger partial charge in [0.05, 0.1) is 0 Å². The highest BCUT2D eigenvalue weighted by Crippen LogP contribution is 2.32. The van der Waals surface area contributed by atoms with Gasteiger partial charge in [-0.15, -0.1) is 0 Å². The van der Waals surface area contributed by atoms with E-state index in [2.05, 4.69) is 6.92 Å². The average molecular weight is 179 g/mol. The molecule has 0 spiro atoms. The number of Topliss-reactive ketones (excluding diaryl/α,β-unsaturated/α-hetero) is 1. The van der Waals surface area contributed by atoms with E-state index >= 15 is 0 Å². The van der Waals surface area contributed by atoms with Crippen molar-refractivity contribution < 1.29 is 6.22 Å². The molecule has 2 aliphatic rings. The van der Waals surface area contributed by atoms with E-state index in [1.807, 2.05) is 18.6 Å². The van der Waals surface area contributed by atoms with Crippen molar-refractivity contribution in [1.29, 1.82) is 0 Å². The minimum absolute atomic E-state index is 0. The zero-order valence-electron chi connectivity index (χ0n) is 8.20. The topological polar surface area (TPSA) is 17.1 Å². The van der Waals surface area contributed by atoms with Crippen molar-refractivity contribution in [3.05, 3.63) is 18.6 Å². The third-order valence-electron chi connectivity index (χ3n) is 3.38. The molecule has 0 aromatic carbocycles. The van der Waals surface area contributed by atoms with E-state index in [4.69, 9.17) is 0 Å². The highest BCUT2D eigenvalue weighted by atomic mass is 16.1. The minimum Gasteiger partial charge on any atom is -0.299 e. The van der Waals surface area contributed by atoms with Crippen LogP contribution in [0.15, 0.2) is 12.2 Å². The highest BCUT2D eigenvalue weighted by Gasteiger charge is 2.30. The summed E-state index contributed by atoms with van der Waals surface area (Å²) in [6, 6.07) is 0. The van der Waals surface area contributed by atoms with Gasteiger partial charge in [0.2, 0.25) is 0 Å². The summed E-state index contributed by atoms with van der Waals surface area (Å²) in [6.45, 7) is 2.29. The van der Waals surface area contributed by atoms with Crippen molar-refractivity contribution in [3.63, 3.8) is 0 Å². The molecule has 0 saturated heterocycles. The molecule has 73 valence electrons. The molecule has 0 bridgehead atoms. The van der Waals surface area contributed by atoms with E-state index in [9.17, 15) is 4.79 Å². The molecule has 2 aliphatic carbocycles. The molecule has 1 heteroatoms. The fourth-order valence-corrected chi connectivity index (χ4v) is 2.23. The lowest BCUT2D eigenvalue weighted by Crippen LogP contribution is -2.28. The van der Waals surface area contributed by atoms with Crippen LogP contribution in [0.1, 0.15) is 34.0 Å². The van der Waals surface area contributed by atoms with E-state index < -0.39 is 0 Å². The maximum atomic E-state index is 11.8. The van der Waals surface area contributed by atoms with Crippen LogP contribution in [0.3, 0.4) is 0 Å². The standard InChI is InChI=1S/C12H17O.H2/c1-9-5-7-11(8-6-9)12(13)10-3-2-4-10;/h2-4,9-11H,5-8H2,1H3;1H. The summed E-state index contributed by atoms with van der Waals surface area (Å²) in [7, 11) is 0. The van der Waals surface area contributed by atoms with Crippen molar-refractivity contribution in [2.45, 2.75) is 32.6 Å². The van der Waals surface area contributed by atoms with Gasteiger partial charge in [0.1, 0.15) is 5.78 Å². The second kappa shape index (κ2) is 3.65. The number of hydrogen-bond acceptors (Lipinski definition) is 1. The zero-order valence-corrected chi connectivity index (χ0v) is 8.20. The van der Waals surface area contributed by atoms with Gasteiger partial charge < -0.3 is 0 Å². The third kappa shape index (κ3) is 1.84. The molecule has 1 nitrogen and oxygen atoms in total. The molecule has 0 aromatic rings. The van der Waals surface area contributed by atoms with Gasteiger partial charge in [0.15, 0.2) is 0 Å². The summed E-state index contributed by atoms with van der Waals surface area (Å²) in [4.78, 5) is 11.8. The number of allylic oxidation sites excluding steroid dienone is 2. The Morgan fingerprint density at radius 2 is 1.92 bits per heavy atom. The van der Waals surface area contributed by atoms with E-state index in [0.29, 0.717) is 11.7 Å². The van der Waals surface area contributed by atoms with Crippen LogP contribution in [-0.4, -0.2) is 5.78 Å². The van der Waals surface area contributed by atoms with Gasteiger partial charge in [0.25, 0.3) is 0 Å². The van der Waals surface area contributed by atoms with Crippen LogP contribution in [0.5, 0.6) is 0 Å². The summed E-state index contributed by atoms with van der Waals surface area (Å²) in [5, 5.41) is 0. The maximum Gasteiger partial charge on any atom is 0.143 e. The van der Waals surface area contributed by atoms with Gasteiger partial charge >= 0.3 is 0 Å². The number of carbonyl (C=O) groups excluding carboxylic acids is 1. The Morgan fingerprint density at radius 1 is 1.31 bits per heavy atom. The summed E-state index contributed by atoms with van der Waals surface area (Å²) in [6.07, 6.45) is 10.7. The van der Waals surface area contributed by atoms with E-state index in [1.165, 1.54) is 12.8 Å². The first-order chi connectivity index (χ1) is 6.27. The summed E-state index contributed by atoms with van der Waals surface area (Å²) in [5.41, 5.74) is 0. The highest BCUT2D eigenvalue weighted by molar-refractivity contribution is 5.88. The Morgan fingerprint density at radius 3 is 2.38 bits per heavy atom. The molecule has 1 atom stereocenters. The number of hydrogen-bond donors (Lipinski definition) is 0. The largest absolute Gasteiger partial charge is 0.299 e. The summed E-state index contributed by atoms with van der Waals surface area (Å²) < 4.78 is 0. The number of carbonyl (C=O) groups is 1. The van der Waals surface area contributed by atoms with Crippen LogP contribution >= 0.6 is 0 Å². The van der Waals surface area contributed by atoms with Crippen molar-refractivity contribution in [3.8, 4) is 0 Å². The number of rotatable bonds is 2. The lowest BCUT2D eigenvalue weighted by atomic mass is 9.75. The van der Waals surface area contributed by atoms with Crippen molar-refractivity contribution in [2.24, 2.45) is 17.8 Å². The molecule has 13 heavy (non-hydrogen) atoms. The first kappa shape index (κ1) is 8.98. The molecule has 0 heterocycles. The molecular formula is C12H19O. The second-order valence-electron chi connectivity index (χ2n) is 4.46. The van der Waals surface area contributed by atoms with Crippen LogP contribution in [-0.2, 0) is 4.79 Å². The normalized spacial score (nSPS) is 38.4. The van der Waals surface area contributed by atoms with Crippen LogP contribution in [0.25, 0.3) is 0 Å². The van der Waals surface area contributed by atoms with Gasteiger partial charge in [-0.3, -0.25) is 4.79 Å². The monoisotopic (exact) mass is 179 g/mol. The van der Waals surface area contributed by atoms with Gasteiger partial charge in [-0.1, -0.05) is 31.9 Å². The minimum atomic E-state index is 0. The first-order valence-corrected chi connectivity index (χ1v) is 5.33. The molecule has 2 rings (SSSR count). The molecule has 0 aliphatic heterocycles. The Balaban J connectivity index is 0.000000980. The molecule has 0 aromatic heterocycles. The van der Waals surface area contributed by atoms with Crippen LogP contribution in [0.4, 0.5) is 0 Å². The SMILES string of the molecule is CC1CCC(C(=O)C2[CH]C=C2)CC1.[HH]. The third-order valence-corrected chi connectivity index (χ3v) is 3.38. The van der Waals surface area contributed by atoms with E-state index in [1.54, 1.807) is 0 Å². The van der Waals surface area contributed by atoms with Gasteiger partial charge in [0, 0.05) is 13.3 Å². The van der Waals surface area contributed by atoms with E-state index in [-0.39, 0.29) is 7.34 Å². The predicted molar refractivity (Wildman–Crippen MR) is 55.2 cm³/mol. The lowest BCUT2D eigenvalue weighted by Gasteiger charge is -2.28. The van der Waals surface area contributed by atoms with Crippen molar-refractivity contribution >= 4 is 5.78 Å². The summed E-state index contributed by atoms with van der Waals surface area (Å²) >= 11 is 0. The van der Waals surface area contributed by atoms with Gasteiger partial charge in [-0.2, -0.15) is 0 Å². The summed E-state index contributed by atoms with van der Waals surface area (Å²) in [5.74, 6) is 1.83. The fraction of sp³-hybridized carbons (Fsp3) is 0.667. The second-order valence-corrected chi connectivity index (χ2v) is 4.46. The molecular weight excluding hydrogens is 160 g/mol. The van der Waals surface area contributed by atoms with E-state index in [0.717, 1.165) is 18.8 Å². The van der Waals surface area contributed by atoms with Gasteiger partial charge in [-0.25, -0.2) is 0 Å². The first-order valence-electron chi connectivity index (χ1n) is 5.33. The Labute approximate surface area is 81.7 Å². The number of ketones is 1. The molecule has 0 amide bonds. The Hall–Kier alpha value is -0.590. The van der Waals surface area contributed by atoms with Crippen LogP contribution in [0.2, 0.25) is 0 Å². The van der Waals surface area contributed by atoms with Crippen LogP contribution in [0, 0.1) is 24.2 Å². The van der Waals surface area contributed by atoms with Crippen LogP contribution < -0.4 is 0 Å². The molecule has 1 radical (unpaired) electrons. The smallest absolute Gasteiger partial charge is 0.143 e. The predicted octanol–water partition coefficient (Wildman–Crippen LogP) is 3.02. The maximum absolute atomic E-state index is 11.8. The molecule has 1 saturated carbocycles.